The lowest BCUT2D eigenvalue weighted by molar-refractivity contribution is -0.274. The summed E-state index contributed by atoms with van der Waals surface area (Å²) in [7, 11) is 1.65. The molecule has 20 heavy (non-hydrogen) atoms. The highest BCUT2D eigenvalue weighted by molar-refractivity contribution is 5.27. The third kappa shape index (κ3) is 6.77. The molecule has 0 aliphatic carbocycles. The zero-order chi connectivity index (χ0) is 15.0. The molecule has 0 aliphatic heterocycles. The maximum absolute atomic E-state index is 12.0. The second-order valence-corrected chi connectivity index (χ2v) is 4.51. The maximum atomic E-state index is 12.0. The van der Waals surface area contributed by atoms with Crippen LogP contribution in [-0.4, -0.2) is 26.1 Å². The average molecular weight is 291 g/mol. The molecule has 0 fully saturated rings. The lowest BCUT2D eigenvalue weighted by Crippen LogP contribution is -2.32. The van der Waals surface area contributed by atoms with Crippen LogP contribution >= 0.6 is 0 Å². The van der Waals surface area contributed by atoms with Crippen molar-refractivity contribution in [2.24, 2.45) is 0 Å². The zero-order valence-electron chi connectivity index (χ0n) is 11.7. The standard InChI is InChI=1S/C14H20F3NO2/c1-3-4-12(10-19-2)18-9-11-5-7-13(8-6-11)20-14(15,16)17/h5-8,12,18H,3-4,9-10H2,1-2H3. The second-order valence-electron chi connectivity index (χ2n) is 4.51. The Morgan fingerprint density at radius 3 is 2.35 bits per heavy atom. The molecule has 0 aliphatic rings. The number of ether oxygens (including phenoxy) is 2. The predicted molar refractivity (Wildman–Crippen MR) is 70.5 cm³/mol. The number of nitrogens with one attached hydrogen (secondary N) is 1. The summed E-state index contributed by atoms with van der Waals surface area (Å²) in [6.07, 6.45) is -2.62. The molecule has 1 aromatic carbocycles. The minimum atomic E-state index is -4.65. The first-order valence-electron chi connectivity index (χ1n) is 6.51. The Morgan fingerprint density at radius 1 is 1.20 bits per heavy atom. The van der Waals surface area contributed by atoms with Crippen LogP contribution in [0.3, 0.4) is 0 Å². The molecule has 3 nitrogen and oxygen atoms in total. The van der Waals surface area contributed by atoms with Crippen LogP contribution in [-0.2, 0) is 11.3 Å². The Balaban J connectivity index is 2.48. The van der Waals surface area contributed by atoms with E-state index >= 15 is 0 Å². The average Bonchev–Trinajstić information content (AvgIpc) is 2.36. The zero-order valence-corrected chi connectivity index (χ0v) is 11.7. The van der Waals surface area contributed by atoms with Gasteiger partial charge in [0.05, 0.1) is 6.61 Å². The van der Waals surface area contributed by atoms with E-state index in [2.05, 4.69) is 17.0 Å². The van der Waals surface area contributed by atoms with Crippen molar-refractivity contribution >= 4 is 0 Å². The Morgan fingerprint density at radius 2 is 1.85 bits per heavy atom. The third-order valence-electron chi connectivity index (χ3n) is 2.76. The number of rotatable bonds is 8. The van der Waals surface area contributed by atoms with Crippen molar-refractivity contribution in [3.05, 3.63) is 29.8 Å². The number of halogens is 3. The van der Waals surface area contributed by atoms with E-state index in [1.54, 1.807) is 19.2 Å². The molecule has 0 amide bonds. The van der Waals surface area contributed by atoms with Crippen LogP contribution in [0.2, 0.25) is 0 Å². The summed E-state index contributed by atoms with van der Waals surface area (Å²) in [5.74, 6) is -0.205. The lowest BCUT2D eigenvalue weighted by Gasteiger charge is -2.17. The highest BCUT2D eigenvalue weighted by Crippen LogP contribution is 2.22. The molecule has 0 bridgehead atoms. The van der Waals surface area contributed by atoms with E-state index in [1.807, 2.05) is 0 Å². The Hall–Kier alpha value is -1.27. The maximum Gasteiger partial charge on any atom is 0.573 e. The van der Waals surface area contributed by atoms with Crippen LogP contribution in [0.1, 0.15) is 25.3 Å². The van der Waals surface area contributed by atoms with Crippen LogP contribution in [0.5, 0.6) is 5.75 Å². The molecule has 1 rings (SSSR count). The third-order valence-corrected chi connectivity index (χ3v) is 2.76. The fraction of sp³-hybridized carbons (Fsp3) is 0.571. The van der Waals surface area contributed by atoms with Crippen LogP contribution in [0.15, 0.2) is 24.3 Å². The quantitative estimate of drug-likeness (QED) is 0.795. The normalized spacial score (nSPS) is 13.2. The van der Waals surface area contributed by atoms with Crippen molar-refractivity contribution in [2.45, 2.75) is 38.7 Å². The molecule has 1 aromatic rings. The van der Waals surface area contributed by atoms with Gasteiger partial charge in [-0.3, -0.25) is 0 Å². The van der Waals surface area contributed by atoms with Gasteiger partial charge in [0.15, 0.2) is 0 Å². The molecule has 0 aromatic heterocycles. The van der Waals surface area contributed by atoms with Crippen LogP contribution < -0.4 is 10.1 Å². The largest absolute Gasteiger partial charge is 0.573 e. The molecule has 1 atom stereocenters. The summed E-state index contributed by atoms with van der Waals surface area (Å²) in [5.41, 5.74) is 0.900. The van der Waals surface area contributed by atoms with Gasteiger partial charge in [-0.25, -0.2) is 0 Å². The first-order chi connectivity index (χ1) is 9.44. The molecule has 0 spiro atoms. The first-order valence-corrected chi connectivity index (χ1v) is 6.51. The van der Waals surface area contributed by atoms with E-state index in [0.717, 1.165) is 18.4 Å². The second kappa shape index (κ2) is 8.11. The van der Waals surface area contributed by atoms with Crippen LogP contribution in [0.4, 0.5) is 13.2 Å². The van der Waals surface area contributed by atoms with Crippen molar-refractivity contribution < 1.29 is 22.6 Å². The van der Waals surface area contributed by atoms with E-state index in [0.29, 0.717) is 13.2 Å². The SMILES string of the molecule is CCCC(COC)NCc1ccc(OC(F)(F)F)cc1. The van der Waals surface area contributed by atoms with Crippen molar-refractivity contribution in [3.8, 4) is 5.75 Å². The van der Waals surface area contributed by atoms with Gasteiger partial charge in [-0.05, 0) is 24.1 Å². The molecule has 1 N–H and O–H groups in total. The van der Waals surface area contributed by atoms with Gasteiger partial charge in [-0.2, -0.15) is 0 Å². The number of hydrogen-bond acceptors (Lipinski definition) is 3. The first kappa shape index (κ1) is 16.8. The van der Waals surface area contributed by atoms with E-state index in [4.69, 9.17) is 4.74 Å². The van der Waals surface area contributed by atoms with Crippen LogP contribution in [0, 0.1) is 0 Å². The molecule has 0 saturated carbocycles. The van der Waals surface area contributed by atoms with E-state index in [9.17, 15) is 13.2 Å². The molecule has 0 radical (unpaired) electrons. The van der Waals surface area contributed by atoms with Gasteiger partial charge in [-0.1, -0.05) is 25.5 Å². The molecular weight excluding hydrogens is 271 g/mol. The summed E-state index contributed by atoms with van der Waals surface area (Å²) in [5, 5.41) is 3.32. The monoisotopic (exact) mass is 291 g/mol. The van der Waals surface area contributed by atoms with Crippen molar-refractivity contribution in [2.75, 3.05) is 13.7 Å². The fourth-order valence-corrected chi connectivity index (χ4v) is 1.87. The van der Waals surface area contributed by atoms with Gasteiger partial charge < -0.3 is 14.8 Å². The molecular formula is C14H20F3NO2. The Kier molecular flexibility index (Phi) is 6.81. The Bertz CT molecular complexity index is 373. The summed E-state index contributed by atoms with van der Waals surface area (Å²) in [4.78, 5) is 0. The number of hydrogen-bond donors (Lipinski definition) is 1. The summed E-state index contributed by atoms with van der Waals surface area (Å²) < 4.78 is 45.0. The van der Waals surface area contributed by atoms with Gasteiger partial charge in [0.2, 0.25) is 0 Å². The van der Waals surface area contributed by atoms with Gasteiger partial charge in [0, 0.05) is 19.7 Å². The van der Waals surface area contributed by atoms with Crippen LogP contribution in [0.25, 0.3) is 0 Å². The molecule has 114 valence electrons. The number of methoxy groups -OCH3 is 1. The van der Waals surface area contributed by atoms with Crippen molar-refractivity contribution in [1.82, 2.24) is 5.32 Å². The smallest absolute Gasteiger partial charge is 0.406 e. The minimum Gasteiger partial charge on any atom is -0.406 e. The van der Waals surface area contributed by atoms with E-state index < -0.39 is 6.36 Å². The summed E-state index contributed by atoms with van der Waals surface area (Å²) in [6.45, 7) is 3.29. The fourth-order valence-electron chi connectivity index (χ4n) is 1.87. The highest BCUT2D eigenvalue weighted by Gasteiger charge is 2.30. The van der Waals surface area contributed by atoms with E-state index in [1.165, 1.54) is 12.1 Å². The number of benzene rings is 1. The Labute approximate surface area is 117 Å². The van der Waals surface area contributed by atoms with Gasteiger partial charge in [-0.15, -0.1) is 13.2 Å². The van der Waals surface area contributed by atoms with E-state index in [-0.39, 0.29) is 11.8 Å². The van der Waals surface area contributed by atoms with Gasteiger partial charge >= 0.3 is 6.36 Å². The molecule has 6 heteroatoms. The summed E-state index contributed by atoms with van der Waals surface area (Å²) >= 11 is 0. The lowest BCUT2D eigenvalue weighted by atomic mass is 10.1. The topological polar surface area (TPSA) is 30.5 Å². The highest BCUT2D eigenvalue weighted by atomic mass is 19.4. The molecule has 1 unspecified atom stereocenters. The number of alkyl halides is 3. The van der Waals surface area contributed by atoms with Crippen molar-refractivity contribution in [1.29, 1.82) is 0 Å². The van der Waals surface area contributed by atoms with Crippen molar-refractivity contribution in [3.63, 3.8) is 0 Å². The van der Waals surface area contributed by atoms with Gasteiger partial charge in [0.1, 0.15) is 5.75 Å². The van der Waals surface area contributed by atoms with Gasteiger partial charge in [0.25, 0.3) is 0 Å². The molecule has 0 saturated heterocycles. The minimum absolute atomic E-state index is 0.205. The summed E-state index contributed by atoms with van der Waals surface area (Å²) in [6, 6.07) is 6.11. The molecule has 0 heterocycles. The predicted octanol–water partition coefficient (Wildman–Crippen LogP) is 3.49.